The van der Waals surface area contributed by atoms with Crippen LogP contribution >= 0.6 is 0 Å². The summed E-state index contributed by atoms with van der Waals surface area (Å²) in [6.07, 6.45) is 3.71. The molecular weight excluding hydrogens is 504 g/mol. The number of nitrogens with zero attached hydrogens (tertiary/aromatic N) is 4. The number of pyridine rings is 3. The van der Waals surface area contributed by atoms with Crippen molar-refractivity contribution >= 4 is 27.6 Å². The monoisotopic (exact) mass is 540 g/mol. The van der Waals surface area contributed by atoms with Gasteiger partial charge in [-0.3, -0.25) is 4.79 Å². The van der Waals surface area contributed by atoms with Gasteiger partial charge in [0.2, 0.25) is 5.88 Å². The molecule has 1 aliphatic heterocycles. The molecule has 4 heterocycles. The van der Waals surface area contributed by atoms with E-state index in [0.717, 1.165) is 24.9 Å². The number of amides is 1. The predicted molar refractivity (Wildman–Crippen MR) is 148 cm³/mol. The van der Waals surface area contributed by atoms with Crippen molar-refractivity contribution in [3.05, 3.63) is 54.2 Å². The fourth-order valence-electron chi connectivity index (χ4n) is 4.43. The Labute approximate surface area is 225 Å². The summed E-state index contributed by atoms with van der Waals surface area (Å²) >= 11 is 0. The van der Waals surface area contributed by atoms with Gasteiger partial charge in [-0.05, 0) is 68.9 Å². The summed E-state index contributed by atoms with van der Waals surface area (Å²) in [5.41, 5.74) is 7.18. The van der Waals surface area contributed by atoms with E-state index in [0.29, 0.717) is 35.8 Å². The second-order valence-electron chi connectivity index (χ2n) is 10.0. The molecular formula is C27H36N6O4S. The van der Waals surface area contributed by atoms with Gasteiger partial charge in [0.05, 0.1) is 17.4 Å². The molecule has 3 aromatic heterocycles. The highest BCUT2D eigenvalue weighted by molar-refractivity contribution is 7.90. The molecule has 204 valence electrons. The lowest BCUT2D eigenvalue weighted by molar-refractivity contribution is 0.0981. The molecule has 1 aliphatic rings. The largest absolute Gasteiger partial charge is 0.475 e. The van der Waals surface area contributed by atoms with Crippen molar-refractivity contribution in [2.75, 3.05) is 23.7 Å². The summed E-state index contributed by atoms with van der Waals surface area (Å²) in [7, 11) is -4.24. The van der Waals surface area contributed by atoms with Gasteiger partial charge in [0, 0.05) is 32.3 Å². The maximum Gasteiger partial charge on any atom is 0.281 e. The number of anilines is 2. The zero-order chi connectivity index (χ0) is 27.4. The Morgan fingerprint density at radius 2 is 1.92 bits per heavy atom. The second kappa shape index (κ2) is 11.3. The van der Waals surface area contributed by atoms with E-state index in [1.54, 1.807) is 24.4 Å². The molecule has 0 radical (unpaired) electrons. The Kier molecular flexibility index (Phi) is 8.15. The van der Waals surface area contributed by atoms with Gasteiger partial charge in [-0.1, -0.05) is 19.9 Å². The first-order chi connectivity index (χ1) is 18.0. The van der Waals surface area contributed by atoms with Gasteiger partial charge in [0.15, 0.2) is 5.03 Å². The molecule has 10 nitrogen and oxygen atoms in total. The zero-order valence-corrected chi connectivity index (χ0v) is 22.9. The first kappa shape index (κ1) is 27.3. The van der Waals surface area contributed by atoms with Crippen molar-refractivity contribution in [1.82, 2.24) is 19.7 Å². The molecule has 3 aromatic rings. The molecule has 0 aromatic carbocycles. The lowest BCUT2D eigenvalue weighted by atomic mass is 9.88. The molecule has 0 aliphatic carbocycles. The molecule has 3 N–H and O–H groups in total. The minimum absolute atomic E-state index is 0. The van der Waals surface area contributed by atoms with Gasteiger partial charge in [0.25, 0.3) is 15.9 Å². The molecule has 4 rings (SSSR count). The van der Waals surface area contributed by atoms with Crippen LogP contribution in [0.1, 0.15) is 52.3 Å². The maximum atomic E-state index is 13.3. The molecule has 11 heteroatoms. The van der Waals surface area contributed by atoms with E-state index in [1.165, 1.54) is 18.2 Å². The van der Waals surface area contributed by atoms with Gasteiger partial charge in [0.1, 0.15) is 11.6 Å². The van der Waals surface area contributed by atoms with Crippen LogP contribution in [0.15, 0.2) is 53.7 Å². The highest BCUT2D eigenvalue weighted by Gasteiger charge is 2.29. The van der Waals surface area contributed by atoms with Gasteiger partial charge in [-0.15, -0.1) is 0 Å². The van der Waals surface area contributed by atoms with Crippen LogP contribution in [0.5, 0.6) is 5.88 Å². The van der Waals surface area contributed by atoms with E-state index in [2.05, 4.69) is 33.4 Å². The number of sulfonamides is 1. The number of ether oxygens (including phenoxy) is 1. The molecule has 38 heavy (non-hydrogen) atoms. The average Bonchev–Trinajstić information content (AvgIpc) is 2.88. The normalized spacial score (nSPS) is 16.1. The number of hydrogen-bond donors (Lipinski definition) is 2. The topological polar surface area (TPSA) is 140 Å². The Morgan fingerprint density at radius 1 is 1.13 bits per heavy atom. The third-order valence-corrected chi connectivity index (χ3v) is 7.69. The van der Waals surface area contributed by atoms with E-state index >= 15 is 0 Å². The number of piperidine rings is 1. The van der Waals surface area contributed by atoms with Crippen molar-refractivity contribution < 1.29 is 19.4 Å². The summed E-state index contributed by atoms with van der Waals surface area (Å²) in [6.45, 7) is 9.66. The van der Waals surface area contributed by atoms with Gasteiger partial charge in [-0.2, -0.15) is 8.42 Å². The molecule has 1 amide bonds. The quantitative estimate of drug-likeness (QED) is 0.431. The second-order valence-corrected chi connectivity index (χ2v) is 11.7. The van der Waals surface area contributed by atoms with Crippen LogP contribution in [0.4, 0.5) is 11.6 Å². The van der Waals surface area contributed by atoms with Gasteiger partial charge in [-0.25, -0.2) is 19.7 Å². The van der Waals surface area contributed by atoms with Crippen molar-refractivity contribution in [1.29, 1.82) is 0 Å². The number of nitrogens with one attached hydrogen (secondary N) is 1. The summed E-state index contributed by atoms with van der Waals surface area (Å²) in [6, 6.07) is 11.2. The number of nitrogens with two attached hydrogens (primary N) is 1. The molecule has 0 spiro atoms. The van der Waals surface area contributed by atoms with E-state index in [1.807, 2.05) is 19.9 Å². The van der Waals surface area contributed by atoms with E-state index in [-0.39, 0.29) is 23.9 Å². The number of aromatic nitrogens is 3. The Hall–Kier alpha value is -3.73. The van der Waals surface area contributed by atoms with Crippen LogP contribution < -0.4 is 20.1 Å². The lowest BCUT2D eigenvalue weighted by Gasteiger charge is -2.36. The fourth-order valence-corrected chi connectivity index (χ4v) is 5.37. The summed E-state index contributed by atoms with van der Waals surface area (Å²) in [5, 5.41) is -0.329. The first-order valence-electron chi connectivity index (χ1n) is 12.7. The third kappa shape index (κ3) is 6.39. The Balaban J connectivity index is 0.00000420. The van der Waals surface area contributed by atoms with Crippen molar-refractivity contribution in [2.24, 2.45) is 11.8 Å². The standard InChI is InChI=1S/C27H34N6O4S.H2/c1-17(2)20-7-6-14-33(16-20)26-21(27(34)32-38(35,36)25-9-5-8-23(28)31-25)11-12-22(30-26)19-10-13-24(29-15-19)37-18(3)4;/h5,8-13,15,17-18,20H,6-7,14,16H2,1-4H3,(H2,28,31)(H,32,34);1H. The van der Waals surface area contributed by atoms with Gasteiger partial charge >= 0.3 is 0 Å². The molecule has 1 unspecified atom stereocenters. The first-order valence-corrected chi connectivity index (χ1v) is 14.2. The molecule has 1 atom stereocenters. The molecule has 1 saturated heterocycles. The minimum Gasteiger partial charge on any atom is -0.475 e. The van der Waals surface area contributed by atoms with Crippen LogP contribution in [-0.4, -0.2) is 48.5 Å². The summed E-state index contributed by atoms with van der Waals surface area (Å²) < 4.78 is 33.5. The number of carbonyl (C=O) groups excluding carboxylic acids is 1. The smallest absolute Gasteiger partial charge is 0.281 e. The van der Waals surface area contributed by atoms with Gasteiger partial charge < -0.3 is 15.4 Å². The van der Waals surface area contributed by atoms with E-state index in [9.17, 15) is 13.2 Å². The molecule has 0 saturated carbocycles. The zero-order valence-electron chi connectivity index (χ0n) is 22.1. The Morgan fingerprint density at radius 3 is 2.58 bits per heavy atom. The SMILES string of the molecule is CC(C)Oc1ccc(-c2ccc(C(=O)NS(=O)(=O)c3cccc(N)n3)c(N3CCCC(C(C)C)C3)n2)cn1.[HH]. The van der Waals surface area contributed by atoms with Crippen molar-refractivity contribution in [3.63, 3.8) is 0 Å². The summed E-state index contributed by atoms with van der Waals surface area (Å²) in [4.78, 5) is 28.5. The molecule has 1 fully saturated rings. The van der Waals surface area contributed by atoms with Crippen LogP contribution in [0.3, 0.4) is 0 Å². The number of nitrogen functional groups attached to an aromatic ring is 1. The highest BCUT2D eigenvalue weighted by atomic mass is 32.2. The van der Waals surface area contributed by atoms with Crippen LogP contribution in [0.2, 0.25) is 0 Å². The number of rotatable bonds is 8. The minimum atomic E-state index is -4.24. The van der Waals surface area contributed by atoms with E-state index < -0.39 is 15.9 Å². The third-order valence-electron chi connectivity index (χ3n) is 6.46. The van der Waals surface area contributed by atoms with Crippen LogP contribution in [0.25, 0.3) is 11.3 Å². The molecule has 0 bridgehead atoms. The van der Waals surface area contributed by atoms with Crippen molar-refractivity contribution in [3.8, 4) is 17.1 Å². The summed E-state index contributed by atoms with van der Waals surface area (Å²) in [5.74, 6) is 1.09. The van der Waals surface area contributed by atoms with E-state index in [4.69, 9.17) is 15.5 Å². The van der Waals surface area contributed by atoms with Crippen molar-refractivity contribution in [2.45, 2.75) is 51.7 Å². The lowest BCUT2D eigenvalue weighted by Crippen LogP contribution is -2.40. The van der Waals surface area contributed by atoms with Crippen LogP contribution in [0, 0.1) is 11.8 Å². The van der Waals surface area contributed by atoms with Crippen LogP contribution in [-0.2, 0) is 10.0 Å². The average molecular weight is 541 g/mol. The highest BCUT2D eigenvalue weighted by Crippen LogP contribution is 2.31. The Bertz CT molecular complexity index is 1400. The number of carbonyl (C=O) groups is 1. The predicted octanol–water partition coefficient (Wildman–Crippen LogP) is 4.15. The maximum absolute atomic E-state index is 13.3. The fraction of sp³-hybridized carbons (Fsp3) is 0.407. The number of hydrogen-bond acceptors (Lipinski definition) is 9.